The van der Waals surface area contributed by atoms with Crippen molar-refractivity contribution in [3.8, 4) is 11.3 Å². The summed E-state index contributed by atoms with van der Waals surface area (Å²) in [6, 6.07) is 7.34. The molecule has 6 nitrogen and oxygen atoms in total. The van der Waals surface area contributed by atoms with Gasteiger partial charge in [0.15, 0.2) is 0 Å². The molecule has 0 atom stereocenters. The lowest BCUT2D eigenvalue weighted by molar-refractivity contribution is -0.116. The van der Waals surface area contributed by atoms with Crippen molar-refractivity contribution >= 4 is 12.0 Å². The van der Waals surface area contributed by atoms with Crippen LogP contribution >= 0.6 is 0 Å². The van der Waals surface area contributed by atoms with Gasteiger partial charge in [0.2, 0.25) is 5.91 Å². The summed E-state index contributed by atoms with van der Waals surface area (Å²) >= 11 is 0. The number of nitrogens with zero attached hydrogens (tertiary/aromatic N) is 3. The van der Waals surface area contributed by atoms with E-state index < -0.39 is 0 Å². The van der Waals surface area contributed by atoms with Crippen molar-refractivity contribution in [3.05, 3.63) is 66.5 Å². The highest BCUT2D eigenvalue weighted by Gasteiger charge is 2.08. The normalized spacial score (nSPS) is 11.0. The molecule has 0 saturated carbocycles. The van der Waals surface area contributed by atoms with Gasteiger partial charge in [-0.25, -0.2) is 0 Å². The van der Waals surface area contributed by atoms with Crippen LogP contribution < -0.4 is 5.32 Å². The SMILES string of the molecule is Cn1cc(-c2ncccc2CNC(=O)/C=C/c2ccco2)cn1. The molecule has 1 N–H and O–H groups in total. The second kappa shape index (κ2) is 6.74. The van der Waals surface area contributed by atoms with Crippen molar-refractivity contribution in [1.29, 1.82) is 0 Å². The van der Waals surface area contributed by atoms with Crippen LogP contribution in [0.4, 0.5) is 0 Å². The lowest BCUT2D eigenvalue weighted by Crippen LogP contribution is -2.20. The second-order valence-corrected chi connectivity index (χ2v) is 4.98. The summed E-state index contributed by atoms with van der Waals surface area (Å²) < 4.78 is 6.86. The molecule has 3 heterocycles. The molecule has 0 aromatic carbocycles. The van der Waals surface area contributed by atoms with E-state index in [0.29, 0.717) is 12.3 Å². The van der Waals surface area contributed by atoms with E-state index in [1.54, 1.807) is 41.5 Å². The van der Waals surface area contributed by atoms with Crippen LogP contribution in [-0.4, -0.2) is 20.7 Å². The molecule has 0 saturated heterocycles. The number of pyridine rings is 1. The fraction of sp³-hybridized carbons (Fsp3) is 0.118. The van der Waals surface area contributed by atoms with Crippen LogP contribution in [0.5, 0.6) is 0 Å². The number of carbonyl (C=O) groups is 1. The lowest BCUT2D eigenvalue weighted by atomic mass is 10.1. The number of carbonyl (C=O) groups excluding carboxylic acids is 1. The Morgan fingerprint density at radius 2 is 2.30 bits per heavy atom. The van der Waals surface area contributed by atoms with Gasteiger partial charge in [-0.1, -0.05) is 6.07 Å². The molecule has 23 heavy (non-hydrogen) atoms. The standard InChI is InChI=1S/C17H16N4O2/c1-21-12-14(11-20-21)17-13(4-2-8-18-17)10-19-16(22)7-6-15-5-3-9-23-15/h2-9,11-12H,10H2,1H3,(H,19,22)/b7-6+. The molecule has 3 rings (SSSR count). The van der Waals surface area contributed by atoms with Crippen molar-refractivity contribution in [3.63, 3.8) is 0 Å². The number of hydrogen-bond donors (Lipinski definition) is 1. The monoisotopic (exact) mass is 308 g/mol. The fourth-order valence-corrected chi connectivity index (χ4v) is 2.17. The number of furan rings is 1. The highest BCUT2D eigenvalue weighted by molar-refractivity contribution is 5.91. The molecule has 116 valence electrons. The third-order valence-electron chi connectivity index (χ3n) is 3.26. The molecule has 1 amide bonds. The molecular formula is C17H16N4O2. The Morgan fingerprint density at radius 1 is 1.39 bits per heavy atom. The van der Waals surface area contributed by atoms with Crippen LogP contribution in [0.25, 0.3) is 17.3 Å². The summed E-state index contributed by atoms with van der Waals surface area (Å²) in [5.41, 5.74) is 2.67. The van der Waals surface area contributed by atoms with E-state index >= 15 is 0 Å². The molecule has 0 radical (unpaired) electrons. The van der Waals surface area contributed by atoms with Gasteiger partial charge >= 0.3 is 0 Å². The predicted molar refractivity (Wildman–Crippen MR) is 86.0 cm³/mol. The minimum absolute atomic E-state index is 0.192. The van der Waals surface area contributed by atoms with Crippen LogP contribution in [0.1, 0.15) is 11.3 Å². The largest absolute Gasteiger partial charge is 0.465 e. The molecule has 0 aliphatic carbocycles. The van der Waals surface area contributed by atoms with Crippen molar-refractivity contribution in [1.82, 2.24) is 20.1 Å². The van der Waals surface area contributed by atoms with E-state index in [4.69, 9.17) is 4.42 Å². The zero-order valence-electron chi connectivity index (χ0n) is 12.6. The van der Waals surface area contributed by atoms with Gasteiger partial charge in [-0.2, -0.15) is 5.10 Å². The van der Waals surface area contributed by atoms with Gasteiger partial charge in [0, 0.05) is 37.6 Å². The maximum atomic E-state index is 11.9. The molecule has 0 bridgehead atoms. The van der Waals surface area contributed by atoms with Crippen LogP contribution in [0.3, 0.4) is 0 Å². The third-order valence-corrected chi connectivity index (χ3v) is 3.26. The zero-order chi connectivity index (χ0) is 16.1. The molecule has 0 aliphatic rings. The van der Waals surface area contributed by atoms with Crippen LogP contribution in [-0.2, 0) is 18.4 Å². The first kappa shape index (κ1) is 14.8. The highest BCUT2D eigenvalue weighted by atomic mass is 16.3. The Bertz CT molecular complexity index is 819. The molecule has 3 aromatic heterocycles. The van der Waals surface area contributed by atoms with Gasteiger partial charge in [-0.3, -0.25) is 14.5 Å². The molecule has 0 unspecified atom stereocenters. The Hall–Kier alpha value is -3.15. The summed E-state index contributed by atoms with van der Waals surface area (Å²) in [5.74, 6) is 0.444. The highest BCUT2D eigenvalue weighted by Crippen LogP contribution is 2.20. The van der Waals surface area contributed by atoms with Gasteiger partial charge in [-0.15, -0.1) is 0 Å². The van der Waals surface area contributed by atoms with E-state index in [2.05, 4.69) is 15.4 Å². The average molecular weight is 308 g/mol. The number of amides is 1. The van der Waals surface area contributed by atoms with Crippen LogP contribution in [0.2, 0.25) is 0 Å². The molecule has 0 fully saturated rings. The first-order valence-electron chi connectivity index (χ1n) is 7.15. The summed E-state index contributed by atoms with van der Waals surface area (Å²) in [4.78, 5) is 16.3. The summed E-state index contributed by atoms with van der Waals surface area (Å²) in [6.45, 7) is 0.388. The molecule has 6 heteroatoms. The minimum Gasteiger partial charge on any atom is -0.465 e. The number of rotatable bonds is 5. The Kier molecular flexibility index (Phi) is 4.33. The first-order chi connectivity index (χ1) is 11.2. The van der Waals surface area contributed by atoms with E-state index in [1.165, 1.54) is 6.08 Å². The quantitative estimate of drug-likeness (QED) is 0.735. The third kappa shape index (κ3) is 3.74. The Balaban J connectivity index is 1.68. The van der Waals surface area contributed by atoms with E-state index in [9.17, 15) is 4.79 Å². The fourth-order valence-electron chi connectivity index (χ4n) is 2.17. The maximum Gasteiger partial charge on any atom is 0.244 e. The molecule has 0 spiro atoms. The van der Waals surface area contributed by atoms with Gasteiger partial charge in [0.05, 0.1) is 18.2 Å². The van der Waals surface area contributed by atoms with Crippen molar-refractivity contribution in [2.24, 2.45) is 7.05 Å². The van der Waals surface area contributed by atoms with Crippen molar-refractivity contribution < 1.29 is 9.21 Å². The van der Waals surface area contributed by atoms with Gasteiger partial charge in [0.25, 0.3) is 0 Å². The Morgan fingerprint density at radius 3 is 3.04 bits per heavy atom. The zero-order valence-corrected chi connectivity index (χ0v) is 12.6. The molecular weight excluding hydrogens is 292 g/mol. The lowest BCUT2D eigenvalue weighted by Gasteiger charge is -2.07. The number of aromatic nitrogens is 3. The average Bonchev–Trinajstić information content (AvgIpc) is 3.22. The summed E-state index contributed by atoms with van der Waals surface area (Å²) in [7, 11) is 1.85. The van der Waals surface area contributed by atoms with Gasteiger partial charge in [0.1, 0.15) is 5.76 Å². The Labute approximate surface area is 133 Å². The van der Waals surface area contributed by atoms with E-state index in [-0.39, 0.29) is 5.91 Å². The van der Waals surface area contributed by atoms with Crippen LogP contribution in [0.15, 0.2) is 59.6 Å². The van der Waals surface area contributed by atoms with E-state index in [1.807, 2.05) is 25.4 Å². The number of hydrogen-bond acceptors (Lipinski definition) is 4. The second-order valence-electron chi connectivity index (χ2n) is 4.98. The smallest absolute Gasteiger partial charge is 0.244 e. The van der Waals surface area contributed by atoms with E-state index in [0.717, 1.165) is 16.8 Å². The molecule has 0 aliphatic heterocycles. The van der Waals surface area contributed by atoms with Gasteiger partial charge in [-0.05, 0) is 29.8 Å². The van der Waals surface area contributed by atoms with Crippen molar-refractivity contribution in [2.75, 3.05) is 0 Å². The number of aryl methyl sites for hydroxylation is 1. The molecule has 3 aromatic rings. The summed E-state index contributed by atoms with van der Waals surface area (Å²) in [5, 5.41) is 7.00. The topological polar surface area (TPSA) is 73.0 Å². The van der Waals surface area contributed by atoms with Crippen LogP contribution in [0, 0.1) is 0 Å². The van der Waals surface area contributed by atoms with Crippen molar-refractivity contribution in [2.45, 2.75) is 6.54 Å². The maximum absolute atomic E-state index is 11.9. The number of nitrogens with one attached hydrogen (secondary N) is 1. The first-order valence-corrected chi connectivity index (χ1v) is 7.15. The minimum atomic E-state index is -0.192. The predicted octanol–water partition coefficient (Wildman–Crippen LogP) is 2.40. The van der Waals surface area contributed by atoms with Gasteiger partial charge < -0.3 is 9.73 Å². The summed E-state index contributed by atoms with van der Waals surface area (Å²) in [6.07, 6.45) is 10.0.